The van der Waals surface area contributed by atoms with Crippen molar-refractivity contribution in [2.75, 3.05) is 13.1 Å². The number of hydrogen-bond acceptors (Lipinski definition) is 1. The molecule has 0 radical (unpaired) electrons. The minimum atomic E-state index is 0.473. The molecule has 1 nitrogen and oxygen atoms in total. The Hall–Kier alpha value is -0.0400. The van der Waals surface area contributed by atoms with Gasteiger partial charge in [0.25, 0.3) is 0 Å². The van der Waals surface area contributed by atoms with E-state index < -0.39 is 0 Å². The van der Waals surface area contributed by atoms with Crippen molar-refractivity contribution in [1.29, 1.82) is 0 Å². The molecule has 0 atom stereocenters. The summed E-state index contributed by atoms with van der Waals surface area (Å²) in [6.45, 7) is 14.0. The maximum absolute atomic E-state index is 3.65. The van der Waals surface area contributed by atoms with Crippen LogP contribution >= 0.6 is 0 Å². The van der Waals surface area contributed by atoms with E-state index in [1.165, 1.54) is 51.6 Å². The van der Waals surface area contributed by atoms with Crippen molar-refractivity contribution in [3.05, 3.63) is 0 Å². The second-order valence-electron chi connectivity index (χ2n) is 5.93. The summed E-state index contributed by atoms with van der Waals surface area (Å²) in [5.74, 6) is 0.867. The number of rotatable bonds is 10. The van der Waals surface area contributed by atoms with Crippen molar-refractivity contribution in [3.63, 3.8) is 0 Å². The van der Waals surface area contributed by atoms with E-state index in [0.717, 1.165) is 5.92 Å². The molecule has 0 aliphatic heterocycles. The molecule has 1 heteroatoms. The molecular formula is C15H33N. The molecule has 0 spiro atoms. The molecule has 16 heavy (non-hydrogen) atoms. The largest absolute Gasteiger partial charge is 0.316 e. The Morgan fingerprint density at radius 2 is 1.62 bits per heavy atom. The highest BCUT2D eigenvalue weighted by atomic mass is 14.9. The molecular weight excluding hydrogens is 194 g/mol. The average Bonchev–Trinajstić information content (AvgIpc) is 2.24. The summed E-state index contributed by atoms with van der Waals surface area (Å²) in [4.78, 5) is 0. The fourth-order valence-corrected chi connectivity index (χ4v) is 2.13. The molecule has 1 N–H and O–H groups in total. The summed E-state index contributed by atoms with van der Waals surface area (Å²) >= 11 is 0. The lowest BCUT2D eigenvalue weighted by Crippen LogP contribution is -2.32. The zero-order chi connectivity index (χ0) is 12.4. The SMILES string of the molecule is CCCCCC(C)(C)CNCC(CC)CC. The van der Waals surface area contributed by atoms with Crippen LogP contribution in [-0.4, -0.2) is 13.1 Å². The molecule has 0 fully saturated rings. The van der Waals surface area contributed by atoms with Gasteiger partial charge in [0, 0.05) is 6.54 Å². The molecule has 0 rings (SSSR count). The van der Waals surface area contributed by atoms with E-state index in [0.29, 0.717) is 5.41 Å². The van der Waals surface area contributed by atoms with Crippen molar-refractivity contribution in [3.8, 4) is 0 Å². The summed E-state index contributed by atoms with van der Waals surface area (Å²) in [5, 5.41) is 3.65. The lowest BCUT2D eigenvalue weighted by atomic mass is 9.86. The van der Waals surface area contributed by atoms with Crippen LogP contribution in [0, 0.1) is 11.3 Å². The lowest BCUT2D eigenvalue weighted by molar-refractivity contribution is 0.290. The van der Waals surface area contributed by atoms with E-state index in [1.807, 2.05) is 0 Å². The van der Waals surface area contributed by atoms with Gasteiger partial charge in [-0.25, -0.2) is 0 Å². The van der Waals surface area contributed by atoms with Crippen LogP contribution in [0.2, 0.25) is 0 Å². The van der Waals surface area contributed by atoms with Crippen molar-refractivity contribution >= 4 is 0 Å². The van der Waals surface area contributed by atoms with Gasteiger partial charge in [0.05, 0.1) is 0 Å². The molecule has 0 saturated heterocycles. The lowest BCUT2D eigenvalue weighted by Gasteiger charge is -2.26. The second kappa shape index (κ2) is 9.04. The highest BCUT2D eigenvalue weighted by molar-refractivity contribution is 4.72. The standard InChI is InChI=1S/C15H33N/c1-6-9-10-11-15(4,5)13-16-12-14(7-2)8-3/h14,16H,6-13H2,1-5H3. The molecule has 0 aliphatic rings. The van der Waals surface area contributed by atoms with Gasteiger partial charge in [-0.1, -0.05) is 66.7 Å². The van der Waals surface area contributed by atoms with Crippen LogP contribution in [0.15, 0.2) is 0 Å². The molecule has 98 valence electrons. The van der Waals surface area contributed by atoms with Crippen molar-refractivity contribution in [1.82, 2.24) is 5.32 Å². The molecule has 0 unspecified atom stereocenters. The van der Waals surface area contributed by atoms with E-state index in [1.54, 1.807) is 0 Å². The third kappa shape index (κ3) is 8.15. The number of unbranched alkanes of at least 4 members (excludes halogenated alkanes) is 2. The Labute approximate surface area is 103 Å². The van der Waals surface area contributed by atoms with Crippen LogP contribution in [0.1, 0.15) is 73.1 Å². The van der Waals surface area contributed by atoms with E-state index in [2.05, 4.69) is 39.9 Å². The molecule has 0 saturated carbocycles. The van der Waals surface area contributed by atoms with Crippen LogP contribution in [0.25, 0.3) is 0 Å². The Kier molecular flexibility index (Phi) is 9.02. The third-order valence-electron chi connectivity index (χ3n) is 3.65. The molecule has 0 aliphatic carbocycles. The van der Waals surface area contributed by atoms with Gasteiger partial charge in [-0.2, -0.15) is 0 Å². The van der Waals surface area contributed by atoms with Crippen molar-refractivity contribution < 1.29 is 0 Å². The average molecular weight is 227 g/mol. The molecule has 0 heterocycles. The Balaban J connectivity index is 3.63. The summed E-state index contributed by atoms with van der Waals surface area (Å²) in [6, 6.07) is 0. The smallest absolute Gasteiger partial charge is 0.000263 e. The van der Waals surface area contributed by atoms with Crippen molar-refractivity contribution in [2.45, 2.75) is 73.1 Å². The number of nitrogens with one attached hydrogen (secondary N) is 1. The molecule has 0 aromatic carbocycles. The second-order valence-corrected chi connectivity index (χ2v) is 5.93. The Bertz CT molecular complexity index is 148. The Morgan fingerprint density at radius 1 is 1.00 bits per heavy atom. The van der Waals surface area contributed by atoms with Gasteiger partial charge in [-0.05, 0) is 24.3 Å². The van der Waals surface area contributed by atoms with E-state index in [-0.39, 0.29) is 0 Å². The van der Waals surface area contributed by atoms with Gasteiger partial charge in [0.2, 0.25) is 0 Å². The fourth-order valence-electron chi connectivity index (χ4n) is 2.13. The van der Waals surface area contributed by atoms with Gasteiger partial charge in [-0.3, -0.25) is 0 Å². The first kappa shape index (κ1) is 16.0. The van der Waals surface area contributed by atoms with Gasteiger partial charge in [0.1, 0.15) is 0 Å². The zero-order valence-electron chi connectivity index (χ0n) is 12.2. The minimum Gasteiger partial charge on any atom is -0.316 e. The van der Waals surface area contributed by atoms with E-state index in [9.17, 15) is 0 Å². The van der Waals surface area contributed by atoms with Crippen molar-refractivity contribution in [2.24, 2.45) is 11.3 Å². The minimum absolute atomic E-state index is 0.473. The first-order valence-electron chi connectivity index (χ1n) is 7.26. The maximum Gasteiger partial charge on any atom is 0.000263 e. The van der Waals surface area contributed by atoms with Gasteiger partial charge in [0.15, 0.2) is 0 Å². The topological polar surface area (TPSA) is 12.0 Å². The van der Waals surface area contributed by atoms with E-state index >= 15 is 0 Å². The molecule has 0 aromatic rings. The molecule has 0 bridgehead atoms. The quantitative estimate of drug-likeness (QED) is 0.537. The third-order valence-corrected chi connectivity index (χ3v) is 3.65. The number of hydrogen-bond donors (Lipinski definition) is 1. The maximum atomic E-state index is 3.65. The first-order valence-corrected chi connectivity index (χ1v) is 7.26. The van der Waals surface area contributed by atoms with Crippen LogP contribution in [0.4, 0.5) is 0 Å². The van der Waals surface area contributed by atoms with Crippen LogP contribution in [0.5, 0.6) is 0 Å². The Morgan fingerprint density at radius 3 is 2.12 bits per heavy atom. The summed E-state index contributed by atoms with van der Waals surface area (Å²) in [7, 11) is 0. The molecule has 0 aromatic heterocycles. The van der Waals surface area contributed by atoms with E-state index in [4.69, 9.17) is 0 Å². The van der Waals surface area contributed by atoms with Crippen LogP contribution in [0.3, 0.4) is 0 Å². The normalized spacial score (nSPS) is 12.4. The van der Waals surface area contributed by atoms with Gasteiger partial charge in [-0.15, -0.1) is 0 Å². The van der Waals surface area contributed by atoms with Crippen LogP contribution in [-0.2, 0) is 0 Å². The first-order chi connectivity index (χ1) is 7.55. The highest BCUT2D eigenvalue weighted by Crippen LogP contribution is 2.22. The molecule has 0 amide bonds. The van der Waals surface area contributed by atoms with Gasteiger partial charge < -0.3 is 5.32 Å². The predicted molar refractivity (Wildman–Crippen MR) is 74.9 cm³/mol. The summed E-state index contributed by atoms with van der Waals surface area (Å²) in [5.41, 5.74) is 0.473. The summed E-state index contributed by atoms with van der Waals surface area (Å²) in [6.07, 6.45) is 8.07. The summed E-state index contributed by atoms with van der Waals surface area (Å²) < 4.78 is 0. The zero-order valence-corrected chi connectivity index (χ0v) is 12.2. The van der Waals surface area contributed by atoms with Crippen LogP contribution < -0.4 is 5.32 Å². The fraction of sp³-hybridized carbons (Fsp3) is 1.00. The predicted octanol–water partition coefficient (Wildman–Crippen LogP) is 4.62. The monoisotopic (exact) mass is 227 g/mol. The highest BCUT2D eigenvalue weighted by Gasteiger charge is 2.17. The van der Waals surface area contributed by atoms with Gasteiger partial charge >= 0.3 is 0 Å².